The van der Waals surface area contributed by atoms with Crippen LogP contribution in [0.15, 0.2) is 12.3 Å². The molecule has 0 aliphatic carbocycles. The number of hydrogen-bond donors (Lipinski definition) is 1. The Morgan fingerprint density at radius 3 is 3.00 bits per heavy atom. The number of cyclic esters (lactones) is 1. The summed E-state index contributed by atoms with van der Waals surface area (Å²) in [6, 6.07) is 1.74. The fourth-order valence-corrected chi connectivity index (χ4v) is 3.54. The van der Waals surface area contributed by atoms with Gasteiger partial charge in [-0.15, -0.1) is 10.2 Å². The first-order chi connectivity index (χ1) is 11.5. The molecular weight excluding hydrogens is 306 g/mol. The molecule has 0 amide bonds. The van der Waals surface area contributed by atoms with E-state index in [1.165, 1.54) is 0 Å². The number of pyridine rings is 1. The highest BCUT2D eigenvalue weighted by Crippen LogP contribution is 2.39. The summed E-state index contributed by atoms with van der Waals surface area (Å²) in [4.78, 5) is 16.6. The van der Waals surface area contributed by atoms with Crippen molar-refractivity contribution < 1.29 is 9.53 Å². The molecule has 24 heavy (non-hydrogen) atoms. The Hall–Kier alpha value is -2.44. The lowest BCUT2D eigenvalue weighted by Gasteiger charge is -2.20. The highest BCUT2D eigenvalue weighted by molar-refractivity contribution is 5.99. The molecule has 7 nitrogen and oxygen atoms in total. The number of rotatable bonds is 3. The number of nitrogens with zero attached hydrogens (tertiary/aromatic N) is 4. The number of hydrogen-bond acceptors (Lipinski definition) is 6. The molecule has 0 saturated heterocycles. The van der Waals surface area contributed by atoms with Crippen LogP contribution < -0.4 is 5.32 Å². The average molecular weight is 327 g/mol. The SMILES string of the molecule is CC(Nc1nccc2c1C(=O)OC2(C)C)c1nnc2n1CCCC2. The minimum Gasteiger partial charge on any atom is -0.451 e. The molecule has 2 aromatic rings. The molecule has 0 fully saturated rings. The van der Waals surface area contributed by atoms with E-state index in [1.54, 1.807) is 6.20 Å². The number of carbonyl (C=O) groups is 1. The number of aryl methyl sites for hydroxylation is 1. The summed E-state index contributed by atoms with van der Waals surface area (Å²) in [7, 11) is 0. The quantitative estimate of drug-likeness (QED) is 0.873. The van der Waals surface area contributed by atoms with Crippen molar-refractivity contribution in [3.8, 4) is 0 Å². The van der Waals surface area contributed by atoms with Gasteiger partial charge >= 0.3 is 5.97 Å². The third-order valence-electron chi connectivity index (χ3n) is 4.78. The molecule has 2 aliphatic heterocycles. The highest BCUT2D eigenvalue weighted by Gasteiger charge is 2.40. The molecule has 0 saturated carbocycles. The molecule has 0 bridgehead atoms. The van der Waals surface area contributed by atoms with Crippen LogP contribution in [0.25, 0.3) is 0 Å². The normalized spacial score (nSPS) is 19.4. The summed E-state index contributed by atoms with van der Waals surface area (Å²) in [5, 5.41) is 12.0. The molecule has 7 heteroatoms. The Bertz CT molecular complexity index is 811. The highest BCUT2D eigenvalue weighted by atomic mass is 16.6. The molecule has 2 aromatic heterocycles. The molecule has 0 aromatic carbocycles. The first-order valence-corrected chi connectivity index (χ1v) is 8.39. The minimum absolute atomic E-state index is 0.0973. The Morgan fingerprint density at radius 2 is 2.17 bits per heavy atom. The zero-order chi connectivity index (χ0) is 16.9. The smallest absolute Gasteiger partial charge is 0.343 e. The van der Waals surface area contributed by atoms with Crippen LogP contribution in [0.1, 0.15) is 67.2 Å². The topological polar surface area (TPSA) is 81.9 Å². The van der Waals surface area contributed by atoms with Gasteiger partial charge in [-0.25, -0.2) is 9.78 Å². The number of nitrogens with one attached hydrogen (secondary N) is 1. The van der Waals surface area contributed by atoms with Crippen molar-refractivity contribution in [3.05, 3.63) is 35.0 Å². The van der Waals surface area contributed by atoms with Gasteiger partial charge in [0, 0.05) is 24.7 Å². The second-order valence-corrected chi connectivity index (χ2v) is 6.93. The minimum atomic E-state index is -0.622. The molecule has 0 spiro atoms. The molecular formula is C17H21N5O2. The maximum atomic E-state index is 12.3. The Labute approximate surface area is 140 Å². The van der Waals surface area contributed by atoms with Crippen molar-refractivity contribution in [3.63, 3.8) is 0 Å². The predicted octanol–water partition coefficient (Wildman–Crippen LogP) is 2.59. The average Bonchev–Trinajstić information content (AvgIpc) is 3.07. The van der Waals surface area contributed by atoms with Gasteiger partial charge in [-0.1, -0.05) is 0 Å². The van der Waals surface area contributed by atoms with E-state index in [1.807, 2.05) is 26.8 Å². The Morgan fingerprint density at radius 1 is 1.33 bits per heavy atom. The maximum Gasteiger partial charge on any atom is 0.343 e. The standard InChI is InChI=1S/C17H21N5O2/c1-10(15-21-20-12-6-4-5-9-22(12)15)19-14-13-11(7-8-18-14)17(2,3)24-16(13)23/h7-8,10H,4-6,9H2,1-3H3,(H,18,19). The molecule has 0 radical (unpaired) electrons. The lowest BCUT2D eigenvalue weighted by Crippen LogP contribution is -2.19. The largest absolute Gasteiger partial charge is 0.451 e. The van der Waals surface area contributed by atoms with Gasteiger partial charge in [-0.3, -0.25) is 0 Å². The fraction of sp³-hybridized carbons (Fsp3) is 0.529. The van der Waals surface area contributed by atoms with Crippen molar-refractivity contribution in [2.45, 2.75) is 58.2 Å². The van der Waals surface area contributed by atoms with Gasteiger partial charge in [0.15, 0.2) is 5.82 Å². The van der Waals surface area contributed by atoms with E-state index in [2.05, 4.69) is 25.1 Å². The summed E-state index contributed by atoms with van der Waals surface area (Å²) in [6.45, 7) is 6.73. The number of esters is 1. The summed E-state index contributed by atoms with van der Waals surface area (Å²) in [5.41, 5.74) is 0.761. The first-order valence-electron chi connectivity index (χ1n) is 8.39. The lowest BCUT2D eigenvalue weighted by atomic mass is 9.97. The molecule has 4 rings (SSSR count). The van der Waals surface area contributed by atoms with Crippen LogP contribution in [0.2, 0.25) is 0 Å². The molecule has 1 N–H and O–H groups in total. The molecule has 126 valence electrons. The van der Waals surface area contributed by atoms with Gasteiger partial charge in [0.2, 0.25) is 0 Å². The Balaban J connectivity index is 1.66. The van der Waals surface area contributed by atoms with E-state index >= 15 is 0 Å². The monoisotopic (exact) mass is 327 g/mol. The van der Waals surface area contributed by atoms with Crippen LogP contribution in [-0.4, -0.2) is 25.7 Å². The van der Waals surface area contributed by atoms with Gasteiger partial charge in [0.05, 0.1) is 6.04 Å². The van der Waals surface area contributed by atoms with E-state index in [-0.39, 0.29) is 12.0 Å². The van der Waals surface area contributed by atoms with Crippen molar-refractivity contribution in [1.29, 1.82) is 0 Å². The van der Waals surface area contributed by atoms with Crippen molar-refractivity contribution in [1.82, 2.24) is 19.7 Å². The number of ether oxygens (including phenoxy) is 1. The molecule has 2 aliphatic rings. The number of anilines is 1. The van der Waals surface area contributed by atoms with Gasteiger partial charge in [-0.2, -0.15) is 0 Å². The van der Waals surface area contributed by atoms with Gasteiger partial charge in [0.1, 0.15) is 22.8 Å². The second-order valence-electron chi connectivity index (χ2n) is 6.93. The zero-order valence-electron chi connectivity index (χ0n) is 14.2. The number of fused-ring (bicyclic) bond motifs is 2. The zero-order valence-corrected chi connectivity index (χ0v) is 14.2. The van der Waals surface area contributed by atoms with Gasteiger partial charge < -0.3 is 14.6 Å². The van der Waals surface area contributed by atoms with E-state index in [4.69, 9.17) is 4.74 Å². The van der Waals surface area contributed by atoms with E-state index in [0.717, 1.165) is 43.0 Å². The van der Waals surface area contributed by atoms with Gasteiger partial charge in [-0.05, 0) is 39.7 Å². The van der Waals surface area contributed by atoms with Crippen LogP contribution in [0.3, 0.4) is 0 Å². The summed E-state index contributed by atoms with van der Waals surface area (Å²) >= 11 is 0. The van der Waals surface area contributed by atoms with Crippen molar-refractivity contribution in [2.24, 2.45) is 0 Å². The van der Waals surface area contributed by atoms with Crippen LogP contribution in [0, 0.1) is 0 Å². The van der Waals surface area contributed by atoms with E-state index in [0.29, 0.717) is 11.4 Å². The van der Waals surface area contributed by atoms with Crippen LogP contribution in [0.4, 0.5) is 5.82 Å². The summed E-state index contributed by atoms with van der Waals surface area (Å²) in [5.74, 6) is 2.14. The van der Waals surface area contributed by atoms with E-state index in [9.17, 15) is 4.79 Å². The predicted molar refractivity (Wildman–Crippen MR) is 87.7 cm³/mol. The number of aromatic nitrogens is 4. The van der Waals surface area contributed by atoms with Crippen LogP contribution >= 0.6 is 0 Å². The molecule has 1 atom stereocenters. The van der Waals surface area contributed by atoms with Crippen molar-refractivity contribution in [2.75, 3.05) is 5.32 Å². The fourth-order valence-electron chi connectivity index (χ4n) is 3.54. The van der Waals surface area contributed by atoms with Gasteiger partial charge in [0.25, 0.3) is 0 Å². The molecule has 1 unspecified atom stereocenters. The number of carbonyl (C=O) groups excluding carboxylic acids is 1. The lowest BCUT2D eigenvalue weighted by molar-refractivity contribution is 0.00958. The Kier molecular flexibility index (Phi) is 3.33. The maximum absolute atomic E-state index is 12.3. The third kappa shape index (κ3) is 2.26. The summed E-state index contributed by atoms with van der Waals surface area (Å²) < 4.78 is 7.64. The summed E-state index contributed by atoms with van der Waals surface area (Å²) in [6.07, 6.45) is 4.98. The van der Waals surface area contributed by atoms with Crippen molar-refractivity contribution >= 4 is 11.8 Å². The third-order valence-corrected chi connectivity index (χ3v) is 4.78. The first kappa shape index (κ1) is 15.1. The molecule has 4 heterocycles. The van der Waals surface area contributed by atoms with Crippen LogP contribution in [0.5, 0.6) is 0 Å². The second kappa shape index (κ2) is 5.29. The van der Waals surface area contributed by atoms with Crippen LogP contribution in [-0.2, 0) is 23.3 Å². The van der Waals surface area contributed by atoms with E-state index < -0.39 is 5.60 Å².